The lowest BCUT2D eigenvalue weighted by molar-refractivity contribution is -0.117. The van der Waals surface area contributed by atoms with Crippen molar-refractivity contribution in [3.05, 3.63) is 83.9 Å². The quantitative estimate of drug-likeness (QED) is 0.542. The molecule has 6 nitrogen and oxygen atoms in total. The van der Waals surface area contributed by atoms with E-state index in [2.05, 4.69) is 0 Å². The predicted molar refractivity (Wildman–Crippen MR) is 126 cm³/mol. The summed E-state index contributed by atoms with van der Waals surface area (Å²) in [6.07, 6.45) is 0.760. The van der Waals surface area contributed by atoms with Crippen LogP contribution in [0.15, 0.2) is 77.7 Å². The van der Waals surface area contributed by atoms with E-state index >= 15 is 0 Å². The van der Waals surface area contributed by atoms with Crippen molar-refractivity contribution in [2.75, 3.05) is 28.9 Å². The Morgan fingerprint density at radius 3 is 2.38 bits per heavy atom. The molecule has 0 unspecified atom stereocenters. The van der Waals surface area contributed by atoms with Gasteiger partial charge in [0.1, 0.15) is 12.3 Å². The number of benzene rings is 3. The van der Waals surface area contributed by atoms with Gasteiger partial charge < -0.3 is 9.64 Å². The normalized spacial score (nSPS) is 13.0. The van der Waals surface area contributed by atoms with Crippen LogP contribution in [0.25, 0.3) is 0 Å². The van der Waals surface area contributed by atoms with Crippen LogP contribution in [-0.4, -0.2) is 34.0 Å². The fraction of sp³-hybridized carbons (Fsp3) is 0.240. The van der Waals surface area contributed by atoms with Crippen LogP contribution in [0, 0.1) is 6.92 Å². The van der Waals surface area contributed by atoms with Gasteiger partial charge in [0.2, 0.25) is 5.91 Å². The van der Waals surface area contributed by atoms with Crippen LogP contribution in [0.4, 0.5) is 11.4 Å². The van der Waals surface area contributed by atoms with Gasteiger partial charge in [-0.2, -0.15) is 0 Å². The summed E-state index contributed by atoms with van der Waals surface area (Å²) < 4.78 is 33.8. The molecule has 166 valence electrons. The third-order valence-electron chi connectivity index (χ3n) is 5.51. The average Bonchev–Trinajstić information content (AvgIpc) is 3.23. The highest BCUT2D eigenvalue weighted by Gasteiger charge is 2.31. The second-order valence-corrected chi connectivity index (χ2v) is 9.54. The minimum absolute atomic E-state index is 0.145. The highest BCUT2D eigenvalue weighted by atomic mass is 32.2. The average molecular weight is 451 g/mol. The van der Waals surface area contributed by atoms with Crippen molar-refractivity contribution in [3.63, 3.8) is 0 Å². The summed E-state index contributed by atoms with van der Waals surface area (Å²) in [5.74, 6) is 0.378. The minimum atomic E-state index is -3.95. The first kappa shape index (κ1) is 21.9. The van der Waals surface area contributed by atoms with Crippen LogP contribution < -0.4 is 13.9 Å². The number of hydrogen-bond donors (Lipinski definition) is 0. The number of sulfonamides is 1. The number of aryl methyl sites for hydroxylation is 1. The van der Waals surface area contributed by atoms with Crippen molar-refractivity contribution in [2.45, 2.75) is 25.2 Å². The number of nitrogens with zero attached hydrogens (tertiary/aromatic N) is 2. The standard InChI is InChI=1S/C25H26N2O4S/c1-3-31-22-12-10-21(11-13-22)27(32(29,30)23-14-8-19(2)9-15-23)18-25(28)26-17-16-20-6-4-5-7-24(20)26/h4-15H,3,16-18H2,1-2H3. The Hall–Kier alpha value is -3.32. The van der Waals surface area contributed by atoms with Gasteiger partial charge in [0.05, 0.1) is 17.2 Å². The highest BCUT2D eigenvalue weighted by Crippen LogP contribution is 2.30. The molecule has 0 atom stereocenters. The Bertz CT molecular complexity index is 1210. The van der Waals surface area contributed by atoms with Crippen molar-refractivity contribution < 1.29 is 17.9 Å². The number of hydrogen-bond acceptors (Lipinski definition) is 4. The first-order chi connectivity index (χ1) is 15.4. The SMILES string of the molecule is CCOc1ccc(N(CC(=O)N2CCc3ccccc32)S(=O)(=O)c2ccc(C)cc2)cc1. The number of amides is 1. The first-order valence-corrected chi connectivity index (χ1v) is 12.0. The molecule has 0 aliphatic carbocycles. The van der Waals surface area contributed by atoms with E-state index in [4.69, 9.17) is 4.74 Å². The number of rotatable bonds is 7. The summed E-state index contributed by atoms with van der Waals surface area (Å²) in [5.41, 5.74) is 3.31. The van der Waals surface area contributed by atoms with Gasteiger partial charge in [-0.25, -0.2) is 8.42 Å². The Kier molecular flexibility index (Phi) is 6.19. The van der Waals surface area contributed by atoms with Gasteiger partial charge in [-0.15, -0.1) is 0 Å². The molecule has 0 N–H and O–H groups in total. The van der Waals surface area contributed by atoms with E-state index in [0.717, 1.165) is 23.2 Å². The van der Waals surface area contributed by atoms with Crippen LogP contribution in [0.5, 0.6) is 5.75 Å². The molecule has 3 aromatic carbocycles. The summed E-state index contributed by atoms with van der Waals surface area (Å²) in [5, 5.41) is 0. The van der Waals surface area contributed by atoms with Crippen LogP contribution in [0.3, 0.4) is 0 Å². The summed E-state index contributed by atoms with van der Waals surface area (Å²) in [6, 6.07) is 21.1. The molecule has 1 aliphatic heterocycles. The summed E-state index contributed by atoms with van der Waals surface area (Å²) in [7, 11) is -3.95. The summed E-state index contributed by atoms with van der Waals surface area (Å²) >= 11 is 0. The lowest BCUT2D eigenvalue weighted by Crippen LogP contribution is -2.42. The number of ether oxygens (including phenoxy) is 1. The number of para-hydroxylation sites is 1. The number of anilines is 2. The fourth-order valence-corrected chi connectivity index (χ4v) is 5.25. The van der Waals surface area contributed by atoms with Gasteiger partial charge in [0, 0.05) is 12.2 Å². The molecule has 0 radical (unpaired) electrons. The molecule has 0 saturated heterocycles. The third-order valence-corrected chi connectivity index (χ3v) is 7.30. The maximum absolute atomic E-state index is 13.6. The fourth-order valence-electron chi connectivity index (χ4n) is 3.83. The first-order valence-electron chi connectivity index (χ1n) is 10.6. The predicted octanol–water partition coefficient (Wildman–Crippen LogP) is 4.18. The van der Waals surface area contributed by atoms with Gasteiger partial charge in [-0.3, -0.25) is 9.10 Å². The molecule has 1 heterocycles. The van der Waals surface area contributed by atoms with E-state index in [1.807, 2.05) is 38.1 Å². The Morgan fingerprint density at radius 1 is 1.00 bits per heavy atom. The zero-order valence-corrected chi connectivity index (χ0v) is 19.0. The number of fused-ring (bicyclic) bond motifs is 1. The van der Waals surface area contributed by atoms with Crippen LogP contribution in [0.1, 0.15) is 18.1 Å². The van der Waals surface area contributed by atoms with Crippen LogP contribution >= 0.6 is 0 Å². The highest BCUT2D eigenvalue weighted by molar-refractivity contribution is 7.92. The van der Waals surface area contributed by atoms with Crippen molar-refractivity contribution in [3.8, 4) is 5.75 Å². The second kappa shape index (κ2) is 9.04. The van der Waals surface area contributed by atoms with E-state index < -0.39 is 10.0 Å². The van der Waals surface area contributed by atoms with Gasteiger partial charge in [-0.05, 0) is 68.3 Å². The van der Waals surface area contributed by atoms with E-state index in [1.54, 1.807) is 53.4 Å². The van der Waals surface area contributed by atoms with Gasteiger partial charge in [0.25, 0.3) is 10.0 Å². The molecule has 0 spiro atoms. The Morgan fingerprint density at radius 2 is 1.69 bits per heavy atom. The largest absolute Gasteiger partial charge is 0.494 e. The lowest BCUT2D eigenvalue weighted by Gasteiger charge is -2.27. The van der Waals surface area contributed by atoms with Gasteiger partial charge in [-0.1, -0.05) is 35.9 Å². The lowest BCUT2D eigenvalue weighted by atomic mass is 10.2. The van der Waals surface area contributed by atoms with Crippen molar-refractivity contribution in [1.82, 2.24) is 0 Å². The molecule has 0 fully saturated rings. The van der Waals surface area contributed by atoms with Crippen molar-refractivity contribution in [1.29, 1.82) is 0 Å². The molecule has 1 amide bonds. The van der Waals surface area contributed by atoms with Crippen LogP contribution in [-0.2, 0) is 21.2 Å². The maximum atomic E-state index is 13.6. The van der Waals surface area contributed by atoms with Gasteiger partial charge in [0.15, 0.2) is 0 Å². The molecule has 0 saturated carbocycles. The summed E-state index contributed by atoms with van der Waals surface area (Å²) in [6.45, 7) is 4.54. The zero-order valence-electron chi connectivity index (χ0n) is 18.2. The summed E-state index contributed by atoms with van der Waals surface area (Å²) in [4.78, 5) is 15.1. The van der Waals surface area contributed by atoms with E-state index in [1.165, 1.54) is 4.31 Å². The molecule has 3 aromatic rings. The third kappa shape index (κ3) is 4.34. The molecule has 0 bridgehead atoms. The molecule has 7 heteroatoms. The molecule has 32 heavy (non-hydrogen) atoms. The monoisotopic (exact) mass is 450 g/mol. The van der Waals surface area contributed by atoms with Crippen molar-refractivity contribution >= 4 is 27.3 Å². The molecular weight excluding hydrogens is 424 g/mol. The van der Waals surface area contributed by atoms with Crippen molar-refractivity contribution in [2.24, 2.45) is 0 Å². The minimum Gasteiger partial charge on any atom is -0.494 e. The number of carbonyl (C=O) groups is 1. The van der Waals surface area contributed by atoms with E-state index in [0.29, 0.717) is 24.6 Å². The molecule has 4 rings (SSSR count). The Balaban J connectivity index is 1.69. The van der Waals surface area contributed by atoms with E-state index in [9.17, 15) is 13.2 Å². The molecule has 0 aromatic heterocycles. The zero-order chi connectivity index (χ0) is 22.7. The smallest absolute Gasteiger partial charge is 0.264 e. The molecule has 1 aliphatic rings. The Labute approximate surface area is 189 Å². The van der Waals surface area contributed by atoms with Crippen LogP contribution in [0.2, 0.25) is 0 Å². The number of carbonyl (C=O) groups excluding carboxylic acids is 1. The van der Waals surface area contributed by atoms with E-state index in [-0.39, 0.29) is 17.3 Å². The molecular formula is C25H26N2O4S. The maximum Gasteiger partial charge on any atom is 0.264 e. The topological polar surface area (TPSA) is 66.9 Å². The second-order valence-electron chi connectivity index (χ2n) is 7.68. The van der Waals surface area contributed by atoms with Gasteiger partial charge >= 0.3 is 0 Å².